The topological polar surface area (TPSA) is 108 Å². The average molecular weight is 1330 g/mol. The van der Waals surface area contributed by atoms with E-state index < -0.39 is 26.5 Å². The van der Waals surface area contributed by atoms with E-state index >= 15 is 0 Å². The van der Waals surface area contributed by atoms with Crippen LogP contribution in [0.15, 0.2) is 122 Å². The smallest absolute Gasteiger partial charge is 0.462 e. The number of hydrogen-bond donors (Lipinski definition) is 1. The molecule has 0 saturated carbocycles. The molecule has 1 N–H and O–H groups in total. The number of allylic oxidation sites excluding steroid dienone is 20. The molecule has 0 fully saturated rings. The first-order chi connectivity index (χ1) is 46.0. The van der Waals surface area contributed by atoms with Gasteiger partial charge >= 0.3 is 19.8 Å². The maximum Gasteiger partial charge on any atom is 0.472 e. The van der Waals surface area contributed by atoms with Crippen LogP contribution in [0.4, 0.5) is 0 Å². The van der Waals surface area contributed by atoms with Gasteiger partial charge in [-0.25, -0.2) is 4.57 Å². The van der Waals surface area contributed by atoms with Crippen molar-refractivity contribution < 1.29 is 42.1 Å². The highest BCUT2D eigenvalue weighted by Crippen LogP contribution is 2.43. The molecule has 0 aromatic heterocycles. The molecule has 0 rings (SSSR count). The molecule has 0 saturated heterocycles. The molecule has 542 valence electrons. The van der Waals surface area contributed by atoms with Gasteiger partial charge < -0.3 is 18.9 Å². The molecule has 0 bridgehead atoms. The van der Waals surface area contributed by atoms with E-state index in [4.69, 9.17) is 18.5 Å². The lowest BCUT2D eigenvalue weighted by Crippen LogP contribution is -2.37. The normalized spacial score (nSPS) is 13.7. The van der Waals surface area contributed by atoms with Crippen molar-refractivity contribution in [2.75, 3.05) is 47.5 Å². The number of carbonyl (C=O) groups excluding carboxylic acids is 2. The number of esters is 2. The fraction of sp³-hybridized carbons (Fsp3) is 0.738. The van der Waals surface area contributed by atoms with Gasteiger partial charge in [0.25, 0.3) is 0 Å². The van der Waals surface area contributed by atoms with Crippen LogP contribution in [0.1, 0.15) is 348 Å². The number of phosphoric ester groups is 1. The summed E-state index contributed by atoms with van der Waals surface area (Å²) in [5.74, 6) is -0.784. The molecular formula is C84H149NO8P+. The standard InChI is InChI=1S/C84H148NO8P/c1-6-8-10-12-14-16-18-20-22-24-26-28-30-32-34-36-38-40-42-44-46-48-50-52-54-56-58-60-62-64-66-68-70-72-74-76-83(86)90-80-82(81-92-94(88,89)91-79-78-85(3,4)5)93-84(87)77-75-73-71-69-67-65-63-61-59-57-55-53-51-49-47-45-43-41-39-37-35-33-31-29-27-25-23-21-19-17-15-13-11-9-7-2/h8-11,14-17,20-23,26-29,32-35,82H,6-7,12-13,18-19,24-25,30-31,36-81H2,1-5H3/p+1/b10-8-,11-9-,16-14-,17-15-,22-20-,23-21-,28-26-,29-27-,34-32-,35-33-. The zero-order chi connectivity index (χ0) is 68.3. The van der Waals surface area contributed by atoms with Crippen LogP contribution in [0.2, 0.25) is 0 Å². The van der Waals surface area contributed by atoms with Crippen molar-refractivity contribution in [1.82, 2.24) is 0 Å². The van der Waals surface area contributed by atoms with Gasteiger partial charge in [0.15, 0.2) is 6.10 Å². The zero-order valence-electron chi connectivity index (χ0n) is 61.9. The number of rotatable bonds is 72. The molecule has 0 spiro atoms. The van der Waals surface area contributed by atoms with Crippen LogP contribution in [0, 0.1) is 0 Å². The first kappa shape index (κ1) is 90.4. The number of phosphoric acid groups is 1. The lowest BCUT2D eigenvalue weighted by Gasteiger charge is -2.24. The summed E-state index contributed by atoms with van der Waals surface area (Å²) in [6.45, 7) is 4.25. The number of likely N-dealkylation sites (N-methyl/N-ethyl adjacent to an activating group) is 1. The maximum absolute atomic E-state index is 12.9. The summed E-state index contributed by atoms with van der Waals surface area (Å²) in [6, 6.07) is 0. The largest absolute Gasteiger partial charge is 0.472 e. The molecule has 2 atom stereocenters. The predicted octanol–water partition coefficient (Wildman–Crippen LogP) is 26.2. The van der Waals surface area contributed by atoms with E-state index in [1.54, 1.807) is 0 Å². The van der Waals surface area contributed by atoms with Gasteiger partial charge in [0.1, 0.15) is 19.8 Å². The van der Waals surface area contributed by atoms with Crippen LogP contribution in [-0.4, -0.2) is 74.9 Å². The van der Waals surface area contributed by atoms with E-state index in [9.17, 15) is 19.0 Å². The molecule has 0 aliphatic rings. The molecule has 0 aromatic carbocycles. The molecule has 0 aromatic rings. The number of quaternary nitrogens is 1. The van der Waals surface area contributed by atoms with Crippen molar-refractivity contribution in [2.24, 2.45) is 0 Å². The summed E-state index contributed by atoms with van der Waals surface area (Å²) < 4.78 is 34.8. The van der Waals surface area contributed by atoms with Crippen LogP contribution in [0.3, 0.4) is 0 Å². The van der Waals surface area contributed by atoms with Gasteiger partial charge in [0.2, 0.25) is 0 Å². The molecule has 2 unspecified atom stereocenters. The minimum absolute atomic E-state index is 0.0303. The molecule has 0 radical (unpaired) electrons. The quantitative estimate of drug-likeness (QED) is 0.0211. The summed E-state index contributed by atoms with van der Waals surface area (Å²) >= 11 is 0. The second kappa shape index (κ2) is 73.7. The Morgan fingerprint density at radius 2 is 0.574 bits per heavy atom. The van der Waals surface area contributed by atoms with Crippen LogP contribution < -0.4 is 0 Å². The second-order valence-corrected chi connectivity index (χ2v) is 28.8. The summed E-state index contributed by atoms with van der Waals surface area (Å²) in [4.78, 5) is 36.0. The predicted molar refractivity (Wildman–Crippen MR) is 408 cm³/mol. The summed E-state index contributed by atoms with van der Waals surface area (Å²) in [5.41, 5.74) is 0. The third-order valence-electron chi connectivity index (χ3n) is 17.0. The Morgan fingerprint density at radius 3 is 0.851 bits per heavy atom. The van der Waals surface area contributed by atoms with E-state index in [0.717, 1.165) is 96.3 Å². The molecule has 94 heavy (non-hydrogen) atoms. The van der Waals surface area contributed by atoms with Crippen LogP contribution >= 0.6 is 7.82 Å². The highest BCUT2D eigenvalue weighted by Gasteiger charge is 2.27. The lowest BCUT2D eigenvalue weighted by atomic mass is 10.0. The van der Waals surface area contributed by atoms with Gasteiger partial charge in [-0.15, -0.1) is 0 Å². The first-order valence-electron chi connectivity index (χ1n) is 39.3. The van der Waals surface area contributed by atoms with Gasteiger partial charge in [-0.1, -0.05) is 354 Å². The van der Waals surface area contributed by atoms with E-state index in [1.165, 1.54) is 218 Å². The van der Waals surface area contributed by atoms with Gasteiger partial charge in [0, 0.05) is 12.8 Å². The van der Waals surface area contributed by atoms with Crippen molar-refractivity contribution in [3.8, 4) is 0 Å². The highest BCUT2D eigenvalue weighted by atomic mass is 31.2. The highest BCUT2D eigenvalue weighted by molar-refractivity contribution is 7.47. The third kappa shape index (κ3) is 77.4. The van der Waals surface area contributed by atoms with Crippen LogP contribution in [0.25, 0.3) is 0 Å². The second-order valence-electron chi connectivity index (χ2n) is 27.3. The van der Waals surface area contributed by atoms with Crippen molar-refractivity contribution >= 4 is 19.8 Å². The van der Waals surface area contributed by atoms with Gasteiger partial charge in [-0.3, -0.25) is 18.6 Å². The maximum atomic E-state index is 12.9. The summed E-state index contributed by atoms with van der Waals surface area (Å²) in [7, 11) is 1.49. The fourth-order valence-corrected chi connectivity index (χ4v) is 11.8. The fourth-order valence-electron chi connectivity index (χ4n) is 11.1. The van der Waals surface area contributed by atoms with Gasteiger partial charge in [0.05, 0.1) is 27.7 Å². The zero-order valence-corrected chi connectivity index (χ0v) is 62.8. The minimum Gasteiger partial charge on any atom is -0.462 e. The van der Waals surface area contributed by atoms with Crippen molar-refractivity contribution in [2.45, 2.75) is 354 Å². The minimum atomic E-state index is -4.40. The van der Waals surface area contributed by atoms with E-state index in [1.807, 2.05) is 21.1 Å². The number of hydrogen-bond acceptors (Lipinski definition) is 7. The molecule has 0 aliphatic carbocycles. The Labute approximate surface area is 581 Å². The SMILES string of the molecule is CC/C=C\C/C=C\C/C=C\C/C=C\C/C=C\CCCCCCCCCCCCCCCCCCCCCC(=O)OCC(COP(=O)(O)OCC[N+](C)(C)C)OC(=O)CCCCCCCCCCCCCCCCCCCCC/C=C\C/C=C\C/C=C\C/C=C\C/C=C\CC. The van der Waals surface area contributed by atoms with Crippen molar-refractivity contribution in [3.63, 3.8) is 0 Å². The monoisotopic (exact) mass is 1330 g/mol. The molecule has 0 heterocycles. The summed E-state index contributed by atoms with van der Waals surface area (Å²) in [5, 5.41) is 0. The number of unbranched alkanes of at least 4 members (excludes halogenated alkanes) is 38. The van der Waals surface area contributed by atoms with E-state index in [0.29, 0.717) is 17.4 Å². The van der Waals surface area contributed by atoms with E-state index in [-0.39, 0.29) is 32.0 Å². The molecule has 9 nitrogen and oxygen atoms in total. The van der Waals surface area contributed by atoms with Gasteiger partial charge in [-0.2, -0.15) is 0 Å². The molecule has 0 amide bonds. The van der Waals surface area contributed by atoms with Crippen LogP contribution in [0.5, 0.6) is 0 Å². The Hall–Kier alpha value is -3.59. The Morgan fingerprint density at radius 1 is 0.330 bits per heavy atom. The van der Waals surface area contributed by atoms with Crippen molar-refractivity contribution in [3.05, 3.63) is 122 Å². The Balaban J connectivity index is 3.96. The lowest BCUT2D eigenvalue weighted by molar-refractivity contribution is -0.870. The van der Waals surface area contributed by atoms with E-state index in [2.05, 4.69) is 135 Å². The Bertz CT molecular complexity index is 2010. The average Bonchev–Trinajstić information content (AvgIpc) is 2.35. The summed E-state index contributed by atoms with van der Waals surface area (Å²) in [6.07, 6.45) is 106. The molecule has 0 aliphatic heterocycles. The number of nitrogens with zero attached hydrogens (tertiary/aromatic N) is 1. The van der Waals surface area contributed by atoms with Crippen LogP contribution in [-0.2, 0) is 32.7 Å². The molecule has 10 heteroatoms. The Kier molecular flexibility index (Phi) is 70.8. The van der Waals surface area contributed by atoms with Crippen molar-refractivity contribution in [1.29, 1.82) is 0 Å². The third-order valence-corrected chi connectivity index (χ3v) is 18.0. The number of carbonyl (C=O) groups is 2. The van der Waals surface area contributed by atoms with Gasteiger partial charge in [-0.05, 0) is 103 Å². The molecular weight excluding hydrogens is 1180 g/mol. The number of ether oxygens (including phenoxy) is 2. The first-order valence-corrected chi connectivity index (χ1v) is 40.8.